The summed E-state index contributed by atoms with van der Waals surface area (Å²) in [4.78, 5) is 12.2. The van der Waals surface area contributed by atoms with Gasteiger partial charge in [0.25, 0.3) is 0 Å². The second-order valence-electron chi connectivity index (χ2n) is 5.26. The Morgan fingerprint density at radius 3 is 2.54 bits per heavy atom. The normalized spacial score (nSPS) is 11.8. The molecule has 0 aliphatic carbocycles. The third kappa shape index (κ3) is 5.93. The van der Waals surface area contributed by atoms with Gasteiger partial charge in [-0.25, -0.2) is 0 Å². The zero-order chi connectivity index (χ0) is 17.5. The van der Waals surface area contributed by atoms with Crippen molar-refractivity contribution in [2.75, 3.05) is 17.7 Å². The van der Waals surface area contributed by atoms with Crippen molar-refractivity contribution < 1.29 is 9.53 Å². The molecule has 24 heavy (non-hydrogen) atoms. The summed E-state index contributed by atoms with van der Waals surface area (Å²) in [6.07, 6.45) is 0. The zero-order valence-corrected chi connectivity index (χ0v) is 15.8. The van der Waals surface area contributed by atoms with E-state index in [0.29, 0.717) is 22.4 Å². The minimum atomic E-state index is -0.183. The number of anilines is 1. The number of amides is 1. The predicted molar refractivity (Wildman–Crippen MR) is 104 cm³/mol. The van der Waals surface area contributed by atoms with Gasteiger partial charge >= 0.3 is 0 Å². The first-order valence-electron chi connectivity index (χ1n) is 7.52. The topological polar surface area (TPSA) is 38.3 Å². The Morgan fingerprint density at radius 2 is 1.83 bits per heavy atom. The van der Waals surface area contributed by atoms with Gasteiger partial charge in [0, 0.05) is 21.5 Å². The van der Waals surface area contributed by atoms with E-state index in [9.17, 15) is 4.79 Å². The first-order chi connectivity index (χ1) is 11.5. The second-order valence-corrected chi connectivity index (χ2v) is 7.59. The molecule has 128 valence electrons. The smallest absolute Gasteiger partial charge is 0.237 e. The second kappa shape index (κ2) is 9.21. The molecule has 1 amide bonds. The molecule has 0 bridgehead atoms. The number of benzene rings is 2. The average Bonchev–Trinajstić information content (AvgIpc) is 2.56. The molecule has 0 heterocycles. The van der Waals surface area contributed by atoms with Gasteiger partial charge in [0.05, 0.1) is 11.9 Å². The molecule has 0 radical (unpaired) electrons. The van der Waals surface area contributed by atoms with Crippen LogP contribution < -0.4 is 10.1 Å². The van der Waals surface area contributed by atoms with Gasteiger partial charge in [-0.2, -0.15) is 0 Å². The average molecular weight is 384 g/mol. The standard InChI is InChI=1S/C18H19Cl2NO2S/c1-12-3-4-15(20)11-17(12)21-18(22)13(2)24-10-9-23-16-7-5-14(19)6-8-16/h3-8,11,13H,9-10H2,1-2H3,(H,21,22)/t13-/m0/s1. The summed E-state index contributed by atoms with van der Waals surface area (Å²) >= 11 is 13.3. The van der Waals surface area contributed by atoms with Crippen LogP contribution in [0.3, 0.4) is 0 Å². The molecule has 0 spiro atoms. The van der Waals surface area contributed by atoms with Crippen LogP contribution >= 0.6 is 35.0 Å². The summed E-state index contributed by atoms with van der Waals surface area (Å²) in [5.74, 6) is 1.44. The molecule has 0 fully saturated rings. The van der Waals surface area contributed by atoms with Gasteiger partial charge in [0.2, 0.25) is 5.91 Å². The van der Waals surface area contributed by atoms with Gasteiger partial charge < -0.3 is 10.1 Å². The molecule has 2 rings (SSSR count). The zero-order valence-electron chi connectivity index (χ0n) is 13.5. The van der Waals surface area contributed by atoms with E-state index in [1.807, 2.05) is 32.0 Å². The number of hydrogen-bond acceptors (Lipinski definition) is 3. The third-order valence-corrected chi connectivity index (χ3v) is 4.96. The molecular weight excluding hydrogens is 365 g/mol. The van der Waals surface area contributed by atoms with Gasteiger partial charge in [-0.1, -0.05) is 29.3 Å². The molecule has 2 aromatic carbocycles. The number of thioether (sulfide) groups is 1. The Balaban J connectivity index is 1.75. The van der Waals surface area contributed by atoms with Crippen LogP contribution in [-0.2, 0) is 4.79 Å². The van der Waals surface area contributed by atoms with Crippen LogP contribution in [0.4, 0.5) is 5.69 Å². The van der Waals surface area contributed by atoms with E-state index in [1.54, 1.807) is 36.0 Å². The Kier molecular flexibility index (Phi) is 7.28. The van der Waals surface area contributed by atoms with Crippen LogP contribution in [0.2, 0.25) is 10.0 Å². The fourth-order valence-electron chi connectivity index (χ4n) is 1.95. The highest BCUT2D eigenvalue weighted by Crippen LogP contribution is 2.22. The number of ether oxygens (including phenoxy) is 1. The van der Waals surface area contributed by atoms with Crippen LogP contribution in [0.15, 0.2) is 42.5 Å². The molecular formula is C18H19Cl2NO2S. The van der Waals surface area contributed by atoms with Crippen molar-refractivity contribution in [3.8, 4) is 5.75 Å². The van der Waals surface area contributed by atoms with Crippen LogP contribution in [0.25, 0.3) is 0 Å². The van der Waals surface area contributed by atoms with Crippen molar-refractivity contribution in [3.63, 3.8) is 0 Å². The summed E-state index contributed by atoms with van der Waals surface area (Å²) in [6.45, 7) is 4.34. The summed E-state index contributed by atoms with van der Waals surface area (Å²) in [5, 5.41) is 4.02. The monoisotopic (exact) mass is 383 g/mol. The Bertz CT molecular complexity index is 692. The van der Waals surface area contributed by atoms with Crippen LogP contribution in [0.1, 0.15) is 12.5 Å². The van der Waals surface area contributed by atoms with Gasteiger partial charge in [-0.3, -0.25) is 4.79 Å². The fourth-order valence-corrected chi connectivity index (χ4v) is 3.00. The lowest BCUT2D eigenvalue weighted by molar-refractivity contribution is -0.115. The largest absolute Gasteiger partial charge is 0.493 e. The number of hydrogen-bond donors (Lipinski definition) is 1. The fraction of sp³-hybridized carbons (Fsp3) is 0.278. The molecule has 2 aromatic rings. The van der Waals surface area contributed by atoms with Crippen molar-refractivity contribution in [1.82, 2.24) is 0 Å². The summed E-state index contributed by atoms with van der Waals surface area (Å²) < 4.78 is 5.62. The highest BCUT2D eigenvalue weighted by molar-refractivity contribution is 8.00. The van der Waals surface area contributed by atoms with Crippen LogP contribution in [0.5, 0.6) is 5.75 Å². The number of carbonyl (C=O) groups excluding carboxylic acids is 1. The molecule has 0 aliphatic heterocycles. The Labute approximate surface area is 156 Å². The van der Waals surface area contributed by atoms with E-state index in [-0.39, 0.29) is 11.2 Å². The van der Waals surface area contributed by atoms with Gasteiger partial charge in [-0.05, 0) is 55.8 Å². The minimum absolute atomic E-state index is 0.0446. The SMILES string of the molecule is Cc1ccc(Cl)cc1NC(=O)[C@H](C)SCCOc1ccc(Cl)cc1. The van der Waals surface area contributed by atoms with E-state index < -0.39 is 0 Å². The Morgan fingerprint density at radius 1 is 1.17 bits per heavy atom. The lowest BCUT2D eigenvalue weighted by atomic mass is 10.2. The molecule has 0 aromatic heterocycles. The summed E-state index contributed by atoms with van der Waals surface area (Å²) in [5.41, 5.74) is 1.73. The summed E-state index contributed by atoms with van der Waals surface area (Å²) in [7, 11) is 0. The van der Waals surface area contributed by atoms with Gasteiger partial charge in [0.1, 0.15) is 5.75 Å². The van der Waals surface area contributed by atoms with E-state index in [0.717, 1.165) is 17.0 Å². The molecule has 6 heteroatoms. The Hall–Kier alpha value is -1.36. The number of halogens is 2. The maximum absolute atomic E-state index is 12.2. The lowest BCUT2D eigenvalue weighted by Gasteiger charge is -2.14. The molecule has 0 aliphatic rings. The van der Waals surface area contributed by atoms with Crippen molar-refractivity contribution in [2.24, 2.45) is 0 Å². The number of nitrogens with one attached hydrogen (secondary N) is 1. The van der Waals surface area contributed by atoms with E-state index in [4.69, 9.17) is 27.9 Å². The number of carbonyl (C=O) groups is 1. The van der Waals surface area contributed by atoms with E-state index in [2.05, 4.69) is 5.32 Å². The molecule has 3 nitrogen and oxygen atoms in total. The molecule has 0 saturated heterocycles. The quantitative estimate of drug-likeness (QED) is 0.646. The number of rotatable bonds is 7. The van der Waals surface area contributed by atoms with Crippen molar-refractivity contribution in [1.29, 1.82) is 0 Å². The van der Waals surface area contributed by atoms with Crippen LogP contribution in [-0.4, -0.2) is 23.5 Å². The van der Waals surface area contributed by atoms with Crippen LogP contribution in [0, 0.1) is 6.92 Å². The molecule has 1 atom stereocenters. The lowest BCUT2D eigenvalue weighted by Crippen LogP contribution is -2.23. The first-order valence-corrected chi connectivity index (χ1v) is 9.33. The van der Waals surface area contributed by atoms with Gasteiger partial charge in [-0.15, -0.1) is 11.8 Å². The molecule has 0 unspecified atom stereocenters. The van der Waals surface area contributed by atoms with Gasteiger partial charge in [0.15, 0.2) is 0 Å². The van der Waals surface area contributed by atoms with Crippen molar-refractivity contribution >= 4 is 46.6 Å². The maximum atomic E-state index is 12.2. The third-order valence-electron chi connectivity index (χ3n) is 3.36. The first kappa shape index (κ1) is 19.0. The van der Waals surface area contributed by atoms with E-state index >= 15 is 0 Å². The minimum Gasteiger partial charge on any atom is -0.493 e. The highest BCUT2D eigenvalue weighted by Gasteiger charge is 2.14. The van der Waals surface area contributed by atoms with Crippen molar-refractivity contribution in [2.45, 2.75) is 19.1 Å². The predicted octanol–water partition coefficient (Wildman–Crippen LogP) is 5.44. The van der Waals surface area contributed by atoms with Crippen molar-refractivity contribution in [3.05, 3.63) is 58.1 Å². The number of aryl methyl sites for hydroxylation is 1. The molecule has 0 saturated carbocycles. The summed E-state index contributed by atoms with van der Waals surface area (Å²) in [6, 6.07) is 12.7. The highest BCUT2D eigenvalue weighted by atomic mass is 35.5. The maximum Gasteiger partial charge on any atom is 0.237 e. The molecule has 1 N–H and O–H groups in total. The van der Waals surface area contributed by atoms with E-state index in [1.165, 1.54) is 0 Å².